The minimum atomic E-state index is 0.191. The number of unbranched alkanes of at least 4 members (excludes halogenated alkanes) is 3. The van der Waals surface area contributed by atoms with Crippen molar-refractivity contribution >= 4 is 23.2 Å². The van der Waals surface area contributed by atoms with E-state index >= 15 is 0 Å². The molecular weight excluding hydrogens is 241 g/mol. The normalized spacial score (nSPS) is 12.7. The average Bonchev–Trinajstić information content (AvgIpc) is 2.28. The fraction of sp³-hybridized carbons (Fsp3) is 0.615. The van der Waals surface area contributed by atoms with Crippen LogP contribution in [0.5, 0.6) is 0 Å². The Morgan fingerprint density at radius 2 is 2.12 bits per heavy atom. The van der Waals surface area contributed by atoms with Crippen LogP contribution >= 0.6 is 23.2 Å². The molecule has 1 nitrogen and oxygen atoms in total. The van der Waals surface area contributed by atoms with E-state index in [0.717, 1.165) is 23.4 Å². The zero-order chi connectivity index (χ0) is 11.8. The van der Waals surface area contributed by atoms with E-state index in [1.165, 1.54) is 25.7 Å². The molecular formula is C13H19Cl2N. The van der Waals surface area contributed by atoms with Crippen molar-refractivity contribution in [3.63, 3.8) is 0 Å². The third-order valence-corrected chi connectivity index (χ3v) is 3.38. The van der Waals surface area contributed by atoms with Crippen LogP contribution in [0.25, 0.3) is 0 Å². The number of aromatic nitrogens is 1. The lowest BCUT2D eigenvalue weighted by Gasteiger charge is -2.10. The monoisotopic (exact) mass is 259 g/mol. The SMILES string of the molecule is CCCCCCC(Cl)Cc1ccncc1Cl. The van der Waals surface area contributed by atoms with Gasteiger partial charge in [0.2, 0.25) is 0 Å². The molecule has 1 unspecified atom stereocenters. The summed E-state index contributed by atoms with van der Waals surface area (Å²) in [5, 5.41) is 0.915. The van der Waals surface area contributed by atoms with Crippen molar-refractivity contribution < 1.29 is 0 Å². The minimum Gasteiger partial charge on any atom is -0.263 e. The van der Waals surface area contributed by atoms with E-state index in [1.54, 1.807) is 12.4 Å². The van der Waals surface area contributed by atoms with E-state index in [1.807, 2.05) is 6.07 Å². The summed E-state index contributed by atoms with van der Waals surface area (Å²) < 4.78 is 0. The molecule has 0 bridgehead atoms. The first-order valence-corrected chi connectivity index (χ1v) is 6.78. The van der Waals surface area contributed by atoms with Crippen LogP contribution in [-0.4, -0.2) is 10.4 Å². The molecule has 0 N–H and O–H groups in total. The van der Waals surface area contributed by atoms with Gasteiger partial charge < -0.3 is 0 Å². The molecule has 1 aromatic heterocycles. The molecule has 90 valence electrons. The lowest BCUT2D eigenvalue weighted by atomic mass is 10.1. The fourth-order valence-electron chi connectivity index (χ4n) is 1.70. The summed E-state index contributed by atoms with van der Waals surface area (Å²) in [5.41, 5.74) is 1.10. The molecule has 16 heavy (non-hydrogen) atoms. The van der Waals surface area contributed by atoms with Crippen LogP contribution in [0.1, 0.15) is 44.6 Å². The Kier molecular flexibility index (Phi) is 6.82. The summed E-state index contributed by atoms with van der Waals surface area (Å²) in [6, 6.07) is 1.95. The van der Waals surface area contributed by atoms with Gasteiger partial charge in [0.05, 0.1) is 5.02 Å². The molecule has 1 heterocycles. The quantitative estimate of drug-likeness (QED) is 0.504. The molecule has 0 saturated carbocycles. The van der Waals surface area contributed by atoms with Gasteiger partial charge in [-0.3, -0.25) is 4.98 Å². The third-order valence-electron chi connectivity index (χ3n) is 2.67. The van der Waals surface area contributed by atoms with Gasteiger partial charge in [0.15, 0.2) is 0 Å². The van der Waals surface area contributed by atoms with Crippen molar-refractivity contribution in [1.82, 2.24) is 4.98 Å². The fourth-order valence-corrected chi connectivity index (χ4v) is 2.22. The van der Waals surface area contributed by atoms with Crippen molar-refractivity contribution in [2.24, 2.45) is 0 Å². The molecule has 1 rings (SSSR count). The Morgan fingerprint density at radius 1 is 1.31 bits per heavy atom. The molecule has 1 atom stereocenters. The molecule has 0 amide bonds. The molecule has 0 saturated heterocycles. The van der Waals surface area contributed by atoms with Gasteiger partial charge in [-0.25, -0.2) is 0 Å². The maximum atomic E-state index is 6.29. The van der Waals surface area contributed by atoms with Crippen LogP contribution < -0.4 is 0 Å². The molecule has 3 heteroatoms. The van der Waals surface area contributed by atoms with Gasteiger partial charge in [-0.2, -0.15) is 0 Å². The number of hydrogen-bond acceptors (Lipinski definition) is 1. The maximum absolute atomic E-state index is 6.29. The number of halogens is 2. The number of alkyl halides is 1. The second-order valence-corrected chi connectivity index (χ2v) is 5.14. The molecule has 0 aliphatic heterocycles. The van der Waals surface area contributed by atoms with Crippen molar-refractivity contribution in [2.75, 3.05) is 0 Å². The highest BCUT2D eigenvalue weighted by Gasteiger charge is 2.08. The first kappa shape index (κ1) is 13.8. The Labute approximate surface area is 108 Å². The lowest BCUT2D eigenvalue weighted by Crippen LogP contribution is -2.04. The highest BCUT2D eigenvalue weighted by molar-refractivity contribution is 6.31. The maximum Gasteiger partial charge on any atom is 0.0621 e. The lowest BCUT2D eigenvalue weighted by molar-refractivity contribution is 0.612. The van der Waals surface area contributed by atoms with Crippen molar-refractivity contribution in [3.8, 4) is 0 Å². The van der Waals surface area contributed by atoms with Crippen LogP contribution in [0.15, 0.2) is 18.5 Å². The average molecular weight is 260 g/mol. The predicted molar refractivity (Wildman–Crippen MR) is 71.4 cm³/mol. The largest absolute Gasteiger partial charge is 0.263 e. The smallest absolute Gasteiger partial charge is 0.0621 e. The molecule has 1 aromatic rings. The van der Waals surface area contributed by atoms with E-state index in [-0.39, 0.29) is 5.38 Å². The van der Waals surface area contributed by atoms with E-state index in [0.29, 0.717) is 0 Å². The number of pyridine rings is 1. The summed E-state index contributed by atoms with van der Waals surface area (Å²) in [4.78, 5) is 3.96. The molecule has 0 fully saturated rings. The highest BCUT2D eigenvalue weighted by Crippen LogP contribution is 2.20. The van der Waals surface area contributed by atoms with E-state index in [4.69, 9.17) is 23.2 Å². The van der Waals surface area contributed by atoms with E-state index in [2.05, 4.69) is 11.9 Å². The van der Waals surface area contributed by atoms with Crippen LogP contribution in [0.2, 0.25) is 5.02 Å². The summed E-state index contributed by atoms with van der Waals surface area (Å²) >= 11 is 12.3. The minimum absolute atomic E-state index is 0.191. The molecule has 0 spiro atoms. The zero-order valence-corrected chi connectivity index (χ0v) is 11.3. The van der Waals surface area contributed by atoms with Gasteiger partial charge in [0.1, 0.15) is 0 Å². The zero-order valence-electron chi connectivity index (χ0n) is 9.76. The van der Waals surface area contributed by atoms with Crippen molar-refractivity contribution in [1.29, 1.82) is 0 Å². The number of nitrogens with zero attached hydrogens (tertiary/aromatic N) is 1. The van der Waals surface area contributed by atoms with Gasteiger partial charge in [-0.05, 0) is 24.5 Å². The second-order valence-electron chi connectivity index (χ2n) is 4.12. The standard InChI is InChI=1S/C13H19Cl2N/c1-2-3-4-5-6-12(14)9-11-7-8-16-10-13(11)15/h7-8,10,12H,2-6,9H2,1H3. The topological polar surface area (TPSA) is 12.9 Å². The highest BCUT2D eigenvalue weighted by atomic mass is 35.5. The Bertz CT molecular complexity index is 302. The number of rotatable bonds is 7. The molecule has 0 aliphatic rings. The van der Waals surface area contributed by atoms with Gasteiger partial charge in [-0.1, -0.05) is 44.2 Å². The van der Waals surface area contributed by atoms with Crippen LogP contribution in [0.4, 0.5) is 0 Å². The first-order chi connectivity index (χ1) is 7.74. The van der Waals surface area contributed by atoms with Crippen LogP contribution in [0, 0.1) is 0 Å². The van der Waals surface area contributed by atoms with Crippen LogP contribution in [0.3, 0.4) is 0 Å². The van der Waals surface area contributed by atoms with Crippen molar-refractivity contribution in [3.05, 3.63) is 29.0 Å². The van der Waals surface area contributed by atoms with E-state index in [9.17, 15) is 0 Å². The second kappa shape index (κ2) is 7.92. The van der Waals surface area contributed by atoms with Gasteiger partial charge in [0, 0.05) is 17.8 Å². The van der Waals surface area contributed by atoms with Gasteiger partial charge >= 0.3 is 0 Å². The van der Waals surface area contributed by atoms with Crippen molar-refractivity contribution in [2.45, 2.75) is 50.8 Å². The van der Waals surface area contributed by atoms with E-state index < -0.39 is 0 Å². The first-order valence-electron chi connectivity index (χ1n) is 5.96. The van der Waals surface area contributed by atoms with Gasteiger partial charge in [-0.15, -0.1) is 11.6 Å². The molecule has 0 aromatic carbocycles. The molecule has 0 aliphatic carbocycles. The number of hydrogen-bond donors (Lipinski definition) is 0. The summed E-state index contributed by atoms with van der Waals surface area (Å²) in [7, 11) is 0. The van der Waals surface area contributed by atoms with Gasteiger partial charge in [0.25, 0.3) is 0 Å². The predicted octanol–water partition coefficient (Wildman–Crippen LogP) is 4.86. The molecule has 0 radical (unpaired) electrons. The summed E-state index contributed by atoms with van der Waals surface area (Å²) in [6.45, 7) is 2.22. The Hall–Kier alpha value is -0.270. The Morgan fingerprint density at radius 3 is 2.81 bits per heavy atom. The summed E-state index contributed by atoms with van der Waals surface area (Å²) in [5.74, 6) is 0. The third kappa shape index (κ3) is 5.18. The summed E-state index contributed by atoms with van der Waals surface area (Å²) in [6.07, 6.45) is 10.4. The van der Waals surface area contributed by atoms with Crippen LogP contribution in [-0.2, 0) is 6.42 Å². The Balaban J connectivity index is 2.28.